The molecule has 5 nitrogen and oxygen atoms in total. The summed E-state index contributed by atoms with van der Waals surface area (Å²) in [5.41, 5.74) is 0. The second-order valence-electron chi connectivity index (χ2n) is 3.04. The predicted octanol–water partition coefficient (Wildman–Crippen LogP) is 1.68. The predicted molar refractivity (Wildman–Crippen MR) is 58.7 cm³/mol. The Morgan fingerprint density at radius 1 is 1.80 bits per heavy atom. The van der Waals surface area contributed by atoms with E-state index in [9.17, 15) is 4.79 Å². The Bertz CT molecular complexity index is 327. The Kier molecular flexibility index (Phi) is 4.51. The zero-order valence-electron chi connectivity index (χ0n) is 8.69. The van der Waals surface area contributed by atoms with E-state index in [2.05, 4.69) is 10.3 Å². The van der Waals surface area contributed by atoms with Crippen LogP contribution in [-0.2, 0) is 4.74 Å². The molecule has 0 aromatic carbocycles. The number of carboxylic acids is 1. The van der Waals surface area contributed by atoms with Crippen LogP contribution in [0.3, 0.4) is 0 Å². The second kappa shape index (κ2) is 5.67. The summed E-state index contributed by atoms with van der Waals surface area (Å²) in [5.74, 6) is -0.946. The van der Waals surface area contributed by atoms with E-state index in [0.717, 1.165) is 11.3 Å². The smallest absolute Gasteiger partial charge is 0.347 e. The maximum Gasteiger partial charge on any atom is 0.347 e. The monoisotopic (exact) mass is 230 g/mol. The third-order valence-corrected chi connectivity index (χ3v) is 2.57. The van der Waals surface area contributed by atoms with Crippen LogP contribution in [0.15, 0.2) is 6.20 Å². The summed E-state index contributed by atoms with van der Waals surface area (Å²) in [6, 6.07) is 0.123. The molecule has 0 amide bonds. The highest BCUT2D eigenvalue weighted by atomic mass is 32.1. The fourth-order valence-corrected chi connectivity index (χ4v) is 1.75. The Labute approximate surface area is 92.1 Å². The number of ether oxygens (including phenoxy) is 1. The number of aromatic carboxylic acids is 1. The fraction of sp³-hybridized carbons (Fsp3) is 0.556. The molecular weight excluding hydrogens is 216 g/mol. The van der Waals surface area contributed by atoms with Gasteiger partial charge in [0.25, 0.3) is 0 Å². The van der Waals surface area contributed by atoms with Gasteiger partial charge in [-0.15, -0.1) is 0 Å². The first kappa shape index (κ1) is 11.9. The van der Waals surface area contributed by atoms with Crippen molar-refractivity contribution < 1.29 is 14.6 Å². The fourth-order valence-electron chi connectivity index (χ4n) is 0.987. The van der Waals surface area contributed by atoms with Crippen molar-refractivity contribution in [2.45, 2.75) is 19.9 Å². The van der Waals surface area contributed by atoms with Gasteiger partial charge in [-0.05, 0) is 13.8 Å². The molecule has 6 heteroatoms. The van der Waals surface area contributed by atoms with E-state index < -0.39 is 5.97 Å². The summed E-state index contributed by atoms with van der Waals surface area (Å²) in [7, 11) is 0. The summed E-state index contributed by atoms with van der Waals surface area (Å²) in [6.45, 7) is 5.14. The lowest BCUT2D eigenvalue weighted by molar-refractivity contribution is 0.0702. The van der Waals surface area contributed by atoms with E-state index in [0.29, 0.717) is 18.3 Å². The topological polar surface area (TPSA) is 71.5 Å². The van der Waals surface area contributed by atoms with E-state index in [4.69, 9.17) is 9.84 Å². The molecule has 1 aromatic heterocycles. The van der Waals surface area contributed by atoms with E-state index in [1.807, 2.05) is 13.8 Å². The quantitative estimate of drug-likeness (QED) is 0.778. The molecule has 0 fully saturated rings. The molecule has 1 heterocycles. The first-order valence-corrected chi connectivity index (χ1v) is 5.48. The molecule has 0 radical (unpaired) electrons. The molecule has 0 saturated heterocycles. The third kappa shape index (κ3) is 3.85. The van der Waals surface area contributed by atoms with Gasteiger partial charge in [-0.25, -0.2) is 9.78 Å². The maximum atomic E-state index is 10.6. The number of hydrogen-bond acceptors (Lipinski definition) is 5. The average Bonchev–Trinajstić information content (AvgIpc) is 2.63. The largest absolute Gasteiger partial charge is 0.477 e. The van der Waals surface area contributed by atoms with Crippen molar-refractivity contribution in [3.63, 3.8) is 0 Å². The molecule has 0 saturated carbocycles. The van der Waals surface area contributed by atoms with Gasteiger partial charge in [0.2, 0.25) is 0 Å². The molecule has 0 spiro atoms. The molecule has 1 unspecified atom stereocenters. The molecule has 0 bridgehead atoms. The van der Waals surface area contributed by atoms with Crippen molar-refractivity contribution in [2.75, 3.05) is 18.5 Å². The Morgan fingerprint density at radius 3 is 3.07 bits per heavy atom. The summed E-state index contributed by atoms with van der Waals surface area (Å²) in [6.07, 6.45) is 1.35. The van der Waals surface area contributed by atoms with Crippen LogP contribution in [0.5, 0.6) is 0 Å². The molecular formula is C9H14N2O3S. The minimum atomic E-state index is -0.946. The molecule has 15 heavy (non-hydrogen) atoms. The van der Waals surface area contributed by atoms with Crippen LogP contribution in [0.4, 0.5) is 5.13 Å². The molecule has 0 aliphatic rings. The normalized spacial score (nSPS) is 12.4. The summed E-state index contributed by atoms with van der Waals surface area (Å²) >= 11 is 1.13. The van der Waals surface area contributed by atoms with E-state index in [1.165, 1.54) is 6.20 Å². The molecule has 1 aromatic rings. The first-order valence-electron chi connectivity index (χ1n) is 4.67. The van der Waals surface area contributed by atoms with Gasteiger partial charge >= 0.3 is 5.97 Å². The van der Waals surface area contributed by atoms with Crippen molar-refractivity contribution in [3.05, 3.63) is 11.1 Å². The lowest BCUT2D eigenvalue weighted by Crippen LogP contribution is -2.21. The number of nitrogens with zero attached hydrogens (tertiary/aromatic N) is 1. The van der Waals surface area contributed by atoms with Gasteiger partial charge in [0.05, 0.1) is 12.8 Å². The highest BCUT2D eigenvalue weighted by Crippen LogP contribution is 2.18. The number of thiazole rings is 1. The van der Waals surface area contributed by atoms with Crippen LogP contribution in [0.2, 0.25) is 0 Å². The zero-order valence-corrected chi connectivity index (χ0v) is 9.50. The number of rotatable bonds is 6. The van der Waals surface area contributed by atoms with Crippen molar-refractivity contribution in [1.82, 2.24) is 4.98 Å². The van der Waals surface area contributed by atoms with Gasteiger partial charge in [0.1, 0.15) is 4.88 Å². The van der Waals surface area contributed by atoms with E-state index in [1.54, 1.807) is 0 Å². The Morgan fingerprint density at radius 2 is 2.53 bits per heavy atom. The highest BCUT2D eigenvalue weighted by Gasteiger charge is 2.10. The summed E-state index contributed by atoms with van der Waals surface area (Å²) in [5, 5.41) is 12.4. The van der Waals surface area contributed by atoms with Crippen molar-refractivity contribution in [1.29, 1.82) is 0 Å². The minimum Gasteiger partial charge on any atom is -0.477 e. The molecule has 2 N–H and O–H groups in total. The van der Waals surface area contributed by atoms with Gasteiger partial charge < -0.3 is 15.2 Å². The zero-order chi connectivity index (χ0) is 11.3. The molecule has 84 valence electrons. The van der Waals surface area contributed by atoms with E-state index in [-0.39, 0.29) is 10.9 Å². The van der Waals surface area contributed by atoms with Crippen LogP contribution in [0.25, 0.3) is 0 Å². The number of carboxylic acid groups (broad SMARTS) is 1. The number of anilines is 1. The third-order valence-electron chi connectivity index (χ3n) is 1.66. The van der Waals surface area contributed by atoms with Crippen LogP contribution in [0.1, 0.15) is 23.5 Å². The Hall–Kier alpha value is -1.14. The SMILES string of the molecule is CCOCC(C)Nc1ncc(C(=O)O)s1. The highest BCUT2D eigenvalue weighted by molar-refractivity contribution is 7.17. The van der Waals surface area contributed by atoms with Crippen LogP contribution in [0, 0.1) is 0 Å². The lowest BCUT2D eigenvalue weighted by atomic mass is 10.4. The summed E-state index contributed by atoms with van der Waals surface area (Å²) in [4.78, 5) is 14.8. The second-order valence-corrected chi connectivity index (χ2v) is 4.07. The van der Waals surface area contributed by atoms with Gasteiger partial charge in [-0.1, -0.05) is 11.3 Å². The lowest BCUT2D eigenvalue weighted by Gasteiger charge is -2.11. The van der Waals surface area contributed by atoms with Crippen LogP contribution >= 0.6 is 11.3 Å². The Balaban J connectivity index is 2.46. The first-order chi connectivity index (χ1) is 7.13. The number of nitrogens with one attached hydrogen (secondary N) is 1. The van der Waals surface area contributed by atoms with Gasteiger partial charge in [0.15, 0.2) is 5.13 Å². The van der Waals surface area contributed by atoms with Crippen LogP contribution < -0.4 is 5.32 Å². The van der Waals surface area contributed by atoms with Gasteiger partial charge in [0, 0.05) is 12.6 Å². The number of hydrogen-bond donors (Lipinski definition) is 2. The number of carbonyl (C=O) groups is 1. The van der Waals surface area contributed by atoms with Crippen molar-refractivity contribution in [3.8, 4) is 0 Å². The standard InChI is InChI=1S/C9H14N2O3S/c1-3-14-5-6(2)11-9-10-4-7(15-9)8(12)13/h4,6H,3,5H2,1-2H3,(H,10,11)(H,12,13). The summed E-state index contributed by atoms with van der Waals surface area (Å²) < 4.78 is 5.22. The van der Waals surface area contributed by atoms with Gasteiger partial charge in [-0.2, -0.15) is 0 Å². The minimum absolute atomic E-state index is 0.123. The number of aromatic nitrogens is 1. The average molecular weight is 230 g/mol. The maximum absolute atomic E-state index is 10.6. The van der Waals surface area contributed by atoms with Crippen molar-refractivity contribution >= 4 is 22.4 Å². The molecule has 1 rings (SSSR count). The molecule has 0 aliphatic carbocycles. The van der Waals surface area contributed by atoms with Crippen molar-refractivity contribution in [2.24, 2.45) is 0 Å². The van der Waals surface area contributed by atoms with E-state index >= 15 is 0 Å². The van der Waals surface area contributed by atoms with Gasteiger partial charge in [-0.3, -0.25) is 0 Å². The molecule has 1 atom stereocenters. The molecule has 0 aliphatic heterocycles. The van der Waals surface area contributed by atoms with Crippen LogP contribution in [-0.4, -0.2) is 35.3 Å².